The van der Waals surface area contributed by atoms with Gasteiger partial charge in [-0.15, -0.1) is 0 Å². The van der Waals surface area contributed by atoms with Crippen molar-refractivity contribution in [2.75, 3.05) is 17.2 Å². The highest BCUT2D eigenvalue weighted by molar-refractivity contribution is 5.55. The molecule has 0 aliphatic carbocycles. The van der Waals surface area contributed by atoms with Gasteiger partial charge >= 0.3 is 0 Å². The molecule has 24 heavy (non-hydrogen) atoms. The molecule has 0 spiro atoms. The Bertz CT molecular complexity index is 867. The average molecular weight is 321 g/mol. The van der Waals surface area contributed by atoms with E-state index in [0.29, 0.717) is 6.54 Å². The Hall–Kier alpha value is -3.02. The summed E-state index contributed by atoms with van der Waals surface area (Å²) in [5.74, 6) is 1.56. The van der Waals surface area contributed by atoms with E-state index in [1.165, 1.54) is 12.1 Å². The first-order chi connectivity index (χ1) is 11.8. The van der Waals surface area contributed by atoms with Crippen LogP contribution in [0.25, 0.3) is 0 Å². The molecule has 1 aliphatic rings. The van der Waals surface area contributed by atoms with E-state index >= 15 is 0 Å². The minimum atomic E-state index is -0.237. The summed E-state index contributed by atoms with van der Waals surface area (Å²) in [6.07, 6.45) is 3.33. The average Bonchev–Trinajstić information content (AvgIpc) is 3.04. The van der Waals surface area contributed by atoms with Crippen molar-refractivity contribution in [3.05, 3.63) is 77.6 Å². The van der Waals surface area contributed by atoms with Crippen LogP contribution in [0.1, 0.15) is 22.7 Å². The smallest absolute Gasteiger partial charge is 0.129 e. The zero-order valence-corrected chi connectivity index (χ0v) is 12.9. The summed E-state index contributed by atoms with van der Waals surface area (Å²) in [4.78, 5) is 13.0. The number of fused-ring (bicyclic) bond motifs is 1. The van der Waals surface area contributed by atoms with Gasteiger partial charge in [0.15, 0.2) is 0 Å². The van der Waals surface area contributed by atoms with Gasteiger partial charge in [-0.1, -0.05) is 18.2 Å². The van der Waals surface area contributed by atoms with Crippen LogP contribution in [0.2, 0.25) is 0 Å². The van der Waals surface area contributed by atoms with Gasteiger partial charge in [-0.2, -0.15) is 0 Å². The number of pyridine rings is 1. The maximum atomic E-state index is 13.2. The highest BCUT2D eigenvalue weighted by Crippen LogP contribution is 2.33. The number of anilines is 2. The lowest BCUT2D eigenvalue weighted by Crippen LogP contribution is -2.08. The quantitative estimate of drug-likeness (QED) is 0.773. The van der Waals surface area contributed by atoms with E-state index in [0.717, 1.165) is 35.0 Å². The molecule has 6 heteroatoms. The summed E-state index contributed by atoms with van der Waals surface area (Å²) < 4.78 is 13.2. The Kier molecular flexibility index (Phi) is 3.78. The van der Waals surface area contributed by atoms with Crippen molar-refractivity contribution in [3.8, 4) is 0 Å². The van der Waals surface area contributed by atoms with Crippen molar-refractivity contribution in [1.29, 1.82) is 0 Å². The van der Waals surface area contributed by atoms with Crippen molar-refractivity contribution in [1.82, 2.24) is 15.0 Å². The van der Waals surface area contributed by atoms with Crippen LogP contribution in [0.5, 0.6) is 0 Å². The molecule has 0 bridgehead atoms. The van der Waals surface area contributed by atoms with E-state index in [4.69, 9.17) is 0 Å². The van der Waals surface area contributed by atoms with Crippen LogP contribution in [0.4, 0.5) is 16.0 Å². The zero-order valence-electron chi connectivity index (χ0n) is 12.9. The lowest BCUT2D eigenvalue weighted by atomic mass is 9.99. The molecule has 0 saturated carbocycles. The third-order valence-corrected chi connectivity index (χ3v) is 4.10. The lowest BCUT2D eigenvalue weighted by Gasteiger charge is -2.11. The summed E-state index contributed by atoms with van der Waals surface area (Å²) in [5, 5.41) is 6.52. The highest BCUT2D eigenvalue weighted by Gasteiger charge is 2.25. The third-order valence-electron chi connectivity index (χ3n) is 4.10. The normalized spacial score (nSPS) is 15.6. The maximum Gasteiger partial charge on any atom is 0.129 e. The van der Waals surface area contributed by atoms with E-state index in [-0.39, 0.29) is 11.7 Å². The Labute approximate surface area is 139 Å². The molecule has 2 aromatic heterocycles. The fourth-order valence-electron chi connectivity index (χ4n) is 2.92. The zero-order chi connectivity index (χ0) is 16.4. The lowest BCUT2D eigenvalue weighted by molar-refractivity contribution is 0.626. The van der Waals surface area contributed by atoms with Gasteiger partial charge in [-0.05, 0) is 23.8 Å². The molecule has 0 radical (unpaired) electrons. The third kappa shape index (κ3) is 2.90. The Morgan fingerprint density at radius 1 is 1.12 bits per heavy atom. The van der Waals surface area contributed by atoms with Crippen LogP contribution in [0, 0.1) is 5.82 Å². The molecule has 1 atom stereocenters. The van der Waals surface area contributed by atoms with Gasteiger partial charge in [0.05, 0.1) is 5.69 Å². The summed E-state index contributed by atoms with van der Waals surface area (Å²) in [6, 6.07) is 12.5. The monoisotopic (exact) mass is 321 g/mol. The number of benzene rings is 1. The molecule has 3 heterocycles. The summed E-state index contributed by atoms with van der Waals surface area (Å²) in [7, 11) is 0. The van der Waals surface area contributed by atoms with Crippen molar-refractivity contribution in [3.63, 3.8) is 0 Å². The Morgan fingerprint density at radius 2 is 2.08 bits per heavy atom. The molecule has 1 aromatic carbocycles. The topological polar surface area (TPSA) is 62.7 Å². The second kappa shape index (κ2) is 6.23. The number of rotatable bonds is 4. The number of hydrogen-bond donors (Lipinski definition) is 2. The molecule has 0 amide bonds. The van der Waals surface area contributed by atoms with Crippen LogP contribution in [0.15, 0.2) is 55.0 Å². The second-order valence-electron chi connectivity index (χ2n) is 5.69. The minimum absolute atomic E-state index is 0.159. The van der Waals surface area contributed by atoms with Crippen LogP contribution >= 0.6 is 0 Å². The molecule has 1 aliphatic heterocycles. The fourth-order valence-corrected chi connectivity index (χ4v) is 2.92. The fraction of sp³-hybridized carbons (Fsp3) is 0.167. The molecule has 3 aromatic rings. The van der Waals surface area contributed by atoms with Crippen molar-refractivity contribution < 1.29 is 4.39 Å². The molecular weight excluding hydrogens is 305 g/mol. The largest absolute Gasteiger partial charge is 0.369 e. The minimum Gasteiger partial charge on any atom is -0.369 e. The molecular formula is C18H16FN5. The molecule has 4 rings (SSSR count). The first-order valence-corrected chi connectivity index (χ1v) is 7.78. The van der Waals surface area contributed by atoms with Gasteiger partial charge in [0, 0.05) is 36.8 Å². The first-order valence-electron chi connectivity index (χ1n) is 7.78. The molecule has 1 unspecified atom stereocenters. The van der Waals surface area contributed by atoms with Gasteiger partial charge in [-0.25, -0.2) is 19.3 Å². The SMILES string of the molecule is Fc1cccc(CNc2cc(C3CNc4ncccc43)ncn2)c1. The van der Waals surface area contributed by atoms with Crippen molar-refractivity contribution in [2.45, 2.75) is 12.5 Å². The van der Waals surface area contributed by atoms with Crippen molar-refractivity contribution >= 4 is 11.6 Å². The van der Waals surface area contributed by atoms with Gasteiger partial charge in [0.25, 0.3) is 0 Å². The van der Waals surface area contributed by atoms with E-state index in [9.17, 15) is 4.39 Å². The Morgan fingerprint density at radius 3 is 3.00 bits per heavy atom. The molecule has 2 N–H and O–H groups in total. The van der Waals surface area contributed by atoms with E-state index in [1.54, 1.807) is 18.6 Å². The van der Waals surface area contributed by atoms with Crippen LogP contribution < -0.4 is 10.6 Å². The van der Waals surface area contributed by atoms with Gasteiger partial charge in [-0.3, -0.25) is 0 Å². The Balaban J connectivity index is 1.52. The molecule has 0 fully saturated rings. The van der Waals surface area contributed by atoms with E-state index < -0.39 is 0 Å². The number of nitrogens with one attached hydrogen (secondary N) is 2. The van der Waals surface area contributed by atoms with Gasteiger partial charge in [0.1, 0.15) is 23.8 Å². The van der Waals surface area contributed by atoms with Crippen LogP contribution in [0.3, 0.4) is 0 Å². The maximum absolute atomic E-state index is 13.2. The molecule has 120 valence electrons. The van der Waals surface area contributed by atoms with E-state index in [2.05, 4.69) is 31.7 Å². The van der Waals surface area contributed by atoms with E-state index in [1.807, 2.05) is 18.2 Å². The summed E-state index contributed by atoms with van der Waals surface area (Å²) in [6.45, 7) is 1.28. The first kappa shape index (κ1) is 14.6. The predicted molar refractivity (Wildman–Crippen MR) is 90.3 cm³/mol. The van der Waals surface area contributed by atoms with Crippen LogP contribution in [-0.2, 0) is 6.54 Å². The van der Waals surface area contributed by atoms with Crippen LogP contribution in [-0.4, -0.2) is 21.5 Å². The number of hydrogen-bond acceptors (Lipinski definition) is 5. The number of halogens is 1. The highest BCUT2D eigenvalue weighted by atomic mass is 19.1. The number of nitrogens with zero attached hydrogens (tertiary/aromatic N) is 3. The van der Waals surface area contributed by atoms with Crippen molar-refractivity contribution in [2.24, 2.45) is 0 Å². The summed E-state index contributed by atoms with van der Waals surface area (Å²) >= 11 is 0. The molecule has 0 saturated heterocycles. The second-order valence-corrected chi connectivity index (χ2v) is 5.69. The predicted octanol–water partition coefficient (Wildman–Crippen LogP) is 3.18. The van der Waals surface area contributed by atoms with Gasteiger partial charge < -0.3 is 10.6 Å². The molecule has 5 nitrogen and oxygen atoms in total. The standard InChI is InChI=1S/C18H16FN5/c19-13-4-1-3-12(7-13)9-21-17-8-16(23-11-24-17)15-10-22-18-14(15)5-2-6-20-18/h1-8,11,15H,9-10H2,(H,20,22)(H,21,23,24). The summed E-state index contributed by atoms with van der Waals surface area (Å²) in [5.41, 5.74) is 2.95. The van der Waals surface area contributed by atoms with Gasteiger partial charge in [0.2, 0.25) is 0 Å². The number of aromatic nitrogens is 3.